The van der Waals surface area contributed by atoms with E-state index in [1.165, 1.54) is 0 Å². The highest BCUT2D eigenvalue weighted by Crippen LogP contribution is 2.42. The third-order valence-corrected chi connectivity index (χ3v) is 3.78. The van der Waals surface area contributed by atoms with E-state index in [-0.39, 0.29) is 18.6 Å². The highest BCUT2D eigenvalue weighted by Gasteiger charge is 2.28. The molecule has 1 saturated carbocycles. The van der Waals surface area contributed by atoms with Crippen molar-refractivity contribution in [3.63, 3.8) is 0 Å². The lowest BCUT2D eigenvalue weighted by Gasteiger charge is -2.16. The van der Waals surface area contributed by atoms with Crippen molar-refractivity contribution in [2.45, 2.75) is 25.3 Å². The number of hydrogen-bond donors (Lipinski definition) is 2. The Hall–Kier alpha value is -1.95. The van der Waals surface area contributed by atoms with Gasteiger partial charge in [-0.05, 0) is 37.0 Å². The van der Waals surface area contributed by atoms with Gasteiger partial charge in [0.1, 0.15) is 0 Å². The average Bonchev–Trinajstić information content (AvgIpc) is 3.17. The number of methoxy groups -OCH3 is 1. The summed E-state index contributed by atoms with van der Waals surface area (Å²) in [7, 11) is 1.58. The number of fused-ring (bicyclic) bond motifs is 1. The van der Waals surface area contributed by atoms with E-state index in [9.17, 15) is 4.79 Å². The molecule has 6 nitrogen and oxygen atoms in total. The van der Waals surface area contributed by atoms with Crippen LogP contribution >= 0.6 is 0 Å². The Labute approximate surface area is 123 Å². The van der Waals surface area contributed by atoms with Crippen LogP contribution in [0.1, 0.15) is 18.4 Å². The van der Waals surface area contributed by atoms with Gasteiger partial charge in [-0.3, -0.25) is 4.79 Å². The quantitative estimate of drug-likeness (QED) is 0.811. The van der Waals surface area contributed by atoms with Crippen LogP contribution in [0.3, 0.4) is 0 Å². The van der Waals surface area contributed by atoms with Gasteiger partial charge in [0.15, 0.2) is 11.5 Å². The van der Waals surface area contributed by atoms with Crippen molar-refractivity contribution in [1.82, 2.24) is 5.32 Å². The second-order valence-corrected chi connectivity index (χ2v) is 5.45. The highest BCUT2D eigenvalue weighted by molar-refractivity contribution is 5.80. The second kappa shape index (κ2) is 5.81. The summed E-state index contributed by atoms with van der Waals surface area (Å²) in [6.07, 6.45) is 2.70. The molecule has 114 valence electrons. The first-order valence-corrected chi connectivity index (χ1v) is 7.18. The van der Waals surface area contributed by atoms with Crippen LogP contribution in [0.2, 0.25) is 0 Å². The van der Waals surface area contributed by atoms with Gasteiger partial charge in [0.25, 0.3) is 0 Å². The van der Waals surface area contributed by atoms with Gasteiger partial charge >= 0.3 is 0 Å². The Morgan fingerprint density at radius 1 is 1.48 bits per heavy atom. The Balaban J connectivity index is 1.74. The van der Waals surface area contributed by atoms with Crippen LogP contribution in [0.25, 0.3) is 0 Å². The molecule has 1 unspecified atom stereocenters. The van der Waals surface area contributed by atoms with E-state index in [1.807, 2.05) is 12.1 Å². The fourth-order valence-electron chi connectivity index (χ4n) is 2.42. The SMILES string of the molecule is COc1cc(CC(CN)C(=O)NC2CC2)cc2c1OCO2. The van der Waals surface area contributed by atoms with E-state index >= 15 is 0 Å². The summed E-state index contributed by atoms with van der Waals surface area (Å²) in [6.45, 7) is 0.507. The standard InChI is InChI=1S/C15H20N2O4/c1-19-12-5-9(6-13-14(12)21-8-20-13)4-10(7-16)15(18)17-11-2-3-11/h5-6,10-11H,2-4,7-8,16H2,1H3,(H,17,18). The molecule has 1 amide bonds. The zero-order chi connectivity index (χ0) is 14.8. The third kappa shape index (κ3) is 3.05. The van der Waals surface area contributed by atoms with Crippen molar-refractivity contribution in [3.8, 4) is 17.2 Å². The highest BCUT2D eigenvalue weighted by atomic mass is 16.7. The smallest absolute Gasteiger partial charge is 0.231 e. The fraction of sp³-hybridized carbons (Fsp3) is 0.533. The molecule has 3 rings (SSSR count). The first kappa shape index (κ1) is 14.0. The van der Waals surface area contributed by atoms with Gasteiger partial charge in [0.2, 0.25) is 18.4 Å². The lowest BCUT2D eigenvalue weighted by molar-refractivity contribution is -0.124. The first-order chi connectivity index (χ1) is 10.2. The summed E-state index contributed by atoms with van der Waals surface area (Å²) in [5.41, 5.74) is 6.71. The minimum atomic E-state index is -0.240. The van der Waals surface area contributed by atoms with Crippen LogP contribution in [0.5, 0.6) is 17.2 Å². The molecule has 21 heavy (non-hydrogen) atoms. The zero-order valence-corrected chi connectivity index (χ0v) is 12.1. The molecule has 0 spiro atoms. The van der Waals surface area contributed by atoms with Crippen LogP contribution in [0, 0.1) is 5.92 Å². The molecule has 0 saturated heterocycles. The van der Waals surface area contributed by atoms with E-state index in [4.69, 9.17) is 19.9 Å². The maximum Gasteiger partial charge on any atom is 0.231 e. The molecule has 6 heteroatoms. The van der Waals surface area contributed by atoms with Crippen LogP contribution in [0.4, 0.5) is 0 Å². The van der Waals surface area contributed by atoms with E-state index in [2.05, 4.69) is 5.32 Å². The Kier molecular flexibility index (Phi) is 3.88. The molecule has 1 aliphatic carbocycles. The van der Waals surface area contributed by atoms with Gasteiger partial charge in [-0.2, -0.15) is 0 Å². The average molecular weight is 292 g/mol. The predicted molar refractivity (Wildman–Crippen MR) is 76.5 cm³/mol. The van der Waals surface area contributed by atoms with Crippen LogP contribution in [-0.2, 0) is 11.2 Å². The first-order valence-electron chi connectivity index (χ1n) is 7.18. The van der Waals surface area contributed by atoms with Crippen molar-refractivity contribution < 1.29 is 19.0 Å². The molecule has 1 aliphatic heterocycles. The number of hydrogen-bond acceptors (Lipinski definition) is 5. The number of carbonyl (C=O) groups is 1. The van der Waals surface area contributed by atoms with Gasteiger partial charge in [-0.15, -0.1) is 0 Å². The summed E-state index contributed by atoms with van der Waals surface area (Å²) < 4.78 is 16.1. The maximum atomic E-state index is 12.1. The minimum Gasteiger partial charge on any atom is -0.493 e. The van der Waals surface area contributed by atoms with Crippen molar-refractivity contribution in [1.29, 1.82) is 0 Å². The minimum absolute atomic E-state index is 0.0247. The molecule has 0 bridgehead atoms. The third-order valence-electron chi connectivity index (χ3n) is 3.78. The summed E-state index contributed by atoms with van der Waals surface area (Å²) in [6, 6.07) is 4.11. The molecule has 2 aliphatic rings. The van der Waals surface area contributed by atoms with Gasteiger partial charge in [-0.25, -0.2) is 0 Å². The van der Waals surface area contributed by atoms with Gasteiger partial charge < -0.3 is 25.3 Å². The molecule has 1 atom stereocenters. The van der Waals surface area contributed by atoms with Crippen molar-refractivity contribution in [2.75, 3.05) is 20.4 Å². The van der Waals surface area contributed by atoms with Gasteiger partial charge in [0.05, 0.1) is 13.0 Å². The molecular formula is C15H20N2O4. The van der Waals surface area contributed by atoms with E-state index in [0.717, 1.165) is 18.4 Å². The molecule has 1 fully saturated rings. The molecule has 1 aromatic carbocycles. The van der Waals surface area contributed by atoms with E-state index < -0.39 is 0 Å². The van der Waals surface area contributed by atoms with Crippen molar-refractivity contribution in [2.24, 2.45) is 11.7 Å². The van der Waals surface area contributed by atoms with Gasteiger partial charge in [0, 0.05) is 12.6 Å². The van der Waals surface area contributed by atoms with Crippen LogP contribution in [0.15, 0.2) is 12.1 Å². The summed E-state index contributed by atoms with van der Waals surface area (Å²) in [5, 5.41) is 3.00. The second-order valence-electron chi connectivity index (χ2n) is 5.45. The molecular weight excluding hydrogens is 272 g/mol. The Morgan fingerprint density at radius 2 is 2.29 bits per heavy atom. The fourth-order valence-corrected chi connectivity index (χ4v) is 2.42. The summed E-state index contributed by atoms with van der Waals surface area (Å²) in [5.74, 6) is 1.68. The number of amides is 1. The van der Waals surface area contributed by atoms with Crippen molar-refractivity contribution in [3.05, 3.63) is 17.7 Å². The van der Waals surface area contributed by atoms with Gasteiger partial charge in [-0.1, -0.05) is 0 Å². The summed E-state index contributed by atoms with van der Waals surface area (Å²) in [4.78, 5) is 12.1. The van der Waals surface area contributed by atoms with Crippen LogP contribution in [-0.4, -0.2) is 32.4 Å². The number of carbonyl (C=O) groups excluding carboxylic acids is 1. The Bertz CT molecular complexity index is 543. The molecule has 1 heterocycles. The molecule has 1 aromatic rings. The predicted octanol–water partition coefficient (Wildman–Crippen LogP) is 0.820. The Morgan fingerprint density at radius 3 is 2.95 bits per heavy atom. The molecule has 3 N–H and O–H groups in total. The van der Waals surface area contributed by atoms with Crippen LogP contribution < -0.4 is 25.3 Å². The largest absolute Gasteiger partial charge is 0.493 e. The van der Waals surface area contributed by atoms with Crippen molar-refractivity contribution >= 4 is 5.91 Å². The van der Waals surface area contributed by atoms with E-state index in [1.54, 1.807) is 7.11 Å². The normalized spacial score (nSPS) is 17.4. The molecule has 0 aromatic heterocycles. The number of benzene rings is 1. The topological polar surface area (TPSA) is 82.8 Å². The lowest BCUT2D eigenvalue weighted by atomic mass is 9.98. The number of rotatable bonds is 6. The lowest BCUT2D eigenvalue weighted by Crippen LogP contribution is -2.37. The zero-order valence-electron chi connectivity index (χ0n) is 12.1. The summed E-state index contributed by atoms with van der Waals surface area (Å²) >= 11 is 0. The monoisotopic (exact) mass is 292 g/mol. The number of nitrogens with two attached hydrogens (primary N) is 1. The number of ether oxygens (including phenoxy) is 3. The number of nitrogens with one attached hydrogen (secondary N) is 1. The maximum absolute atomic E-state index is 12.1. The molecule has 0 radical (unpaired) electrons. The van der Waals surface area contributed by atoms with E-state index in [0.29, 0.717) is 36.3 Å².